The number of ether oxygens (including phenoxy) is 1. The van der Waals surface area contributed by atoms with E-state index in [1.807, 2.05) is 28.8 Å². The first-order valence-corrected chi connectivity index (χ1v) is 7.43. The van der Waals surface area contributed by atoms with Gasteiger partial charge < -0.3 is 19.7 Å². The molecule has 2 N–H and O–H groups in total. The molecule has 0 unspecified atom stereocenters. The summed E-state index contributed by atoms with van der Waals surface area (Å²) in [6, 6.07) is 7.45. The van der Waals surface area contributed by atoms with Crippen LogP contribution in [-0.2, 0) is 24.3 Å². The third kappa shape index (κ3) is 2.12. The summed E-state index contributed by atoms with van der Waals surface area (Å²) in [7, 11) is 0. The summed E-state index contributed by atoms with van der Waals surface area (Å²) in [5.74, 6) is 0.560. The number of benzene rings is 1. The molecule has 0 saturated heterocycles. The molecule has 22 heavy (non-hydrogen) atoms. The van der Waals surface area contributed by atoms with Crippen molar-refractivity contribution in [2.75, 3.05) is 6.61 Å². The van der Waals surface area contributed by atoms with Crippen LogP contribution in [0.4, 0.5) is 0 Å². The second-order valence-corrected chi connectivity index (χ2v) is 5.69. The topological polar surface area (TPSA) is 76.4 Å². The SMILES string of the molecule is O=C(N[C@@H]1c2ccccc2C[C@@H]1O)c1cnc2n1CCOC2. The van der Waals surface area contributed by atoms with Gasteiger partial charge >= 0.3 is 0 Å². The van der Waals surface area contributed by atoms with E-state index >= 15 is 0 Å². The highest BCUT2D eigenvalue weighted by Gasteiger charge is 2.33. The van der Waals surface area contributed by atoms with Crippen LogP contribution in [0, 0.1) is 0 Å². The van der Waals surface area contributed by atoms with Gasteiger partial charge in [-0.3, -0.25) is 4.79 Å². The lowest BCUT2D eigenvalue weighted by molar-refractivity contribution is 0.0753. The van der Waals surface area contributed by atoms with Crippen LogP contribution in [0.15, 0.2) is 30.5 Å². The monoisotopic (exact) mass is 299 g/mol. The highest BCUT2D eigenvalue weighted by molar-refractivity contribution is 5.93. The number of amides is 1. The molecular formula is C16H17N3O3. The Morgan fingerprint density at radius 2 is 2.27 bits per heavy atom. The van der Waals surface area contributed by atoms with Gasteiger partial charge in [0.25, 0.3) is 5.91 Å². The van der Waals surface area contributed by atoms with Crippen LogP contribution in [0.2, 0.25) is 0 Å². The van der Waals surface area contributed by atoms with Crippen LogP contribution in [0.25, 0.3) is 0 Å². The van der Waals surface area contributed by atoms with Crippen molar-refractivity contribution in [2.45, 2.75) is 31.7 Å². The molecule has 1 aromatic carbocycles. The molecule has 2 aliphatic rings. The molecule has 6 heteroatoms. The molecule has 2 atom stereocenters. The van der Waals surface area contributed by atoms with Crippen molar-refractivity contribution in [3.63, 3.8) is 0 Å². The van der Waals surface area contributed by atoms with Crippen LogP contribution in [0.5, 0.6) is 0 Å². The lowest BCUT2D eigenvalue weighted by Crippen LogP contribution is -2.35. The predicted octanol–water partition coefficient (Wildman–Crippen LogP) is 0.801. The molecule has 6 nitrogen and oxygen atoms in total. The number of carbonyl (C=O) groups is 1. The maximum absolute atomic E-state index is 12.6. The van der Waals surface area contributed by atoms with Gasteiger partial charge in [-0.2, -0.15) is 0 Å². The number of hydrogen-bond acceptors (Lipinski definition) is 4. The molecule has 114 valence electrons. The summed E-state index contributed by atoms with van der Waals surface area (Å²) in [4.78, 5) is 16.8. The van der Waals surface area contributed by atoms with Gasteiger partial charge in [0.1, 0.15) is 18.1 Å². The van der Waals surface area contributed by atoms with Crippen molar-refractivity contribution in [2.24, 2.45) is 0 Å². The Balaban J connectivity index is 1.59. The lowest BCUT2D eigenvalue weighted by Gasteiger charge is -2.20. The number of carbonyl (C=O) groups excluding carboxylic acids is 1. The maximum atomic E-state index is 12.6. The number of nitrogens with one attached hydrogen (secondary N) is 1. The van der Waals surface area contributed by atoms with Gasteiger partial charge in [0.05, 0.1) is 24.9 Å². The van der Waals surface area contributed by atoms with Crippen molar-refractivity contribution in [3.8, 4) is 0 Å². The molecule has 1 amide bonds. The van der Waals surface area contributed by atoms with E-state index in [0.29, 0.717) is 31.9 Å². The molecule has 0 bridgehead atoms. The number of hydrogen-bond donors (Lipinski definition) is 2. The minimum absolute atomic E-state index is 0.207. The molecule has 1 aliphatic carbocycles. The van der Waals surface area contributed by atoms with Gasteiger partial charge in [-0.15, -0.1) is 0 Å². The van der Waals surface area contributed by atoms with Crippen LogP contribution >= 0.6 is 0 Å². The Hall–Kier alpha value is -2.18. The summed E-state index contributed by atoms with van der Waals surface area (Å²) in [5, 5.41) is 13.2. The Labute approximate surface area is 127 Å². The van der Waals surface area contributed by atoms with E-state index in [0.717, 1.165) is 17.0 Å². The summed E-state index contributed by atoms with van der Waals surface area (Å²) in [6.07, 6.45) is 1.56. The number of aliphatic hydroxyl groups excluding tert-OH is 1. The standard InChI is InChI=1S/C16H17N3O3/c20-13-7-10-3-1-2-4-11(10)15(13)18-16(21)12-8-17-14-9-22-6-5-19(12)14/h1-4,8,13,15,20H,5-7,9H2,(H,18,21)/t13-,15+/m0/s1. The van der Waals surface area contributed by atoms with Gasteiger partial charge in [0.2, 0.25) is 0 Å². The first-order valence-electron chi connectivity index (χ1n) is 7.43. The third-order valence-corrected chi connectivity index (χ3v) is 4.35. The average Bonchev–Trinajstić information content (AvgIpc) is 3.09. The molecule has 1 aromatic heterocycles. The lowest BCUT2D eigenvalue weighted by atomic mass is 10.1. The van der Waals surface area contributed by atoms with Gasteiger partial charge in [-0.05, 0) is 11.1 Å². The third-order valence-electron chi connectivity index (χ3n) is 4.35. The molecule has 0 radical (unpaired) electrons. The molecule has 0 fully saturated rings. The number of nitrogens with zero attached hydrogens (tertiary/aromatic N) is 2. The smallest absolute Gasteiger partial charge is 0.270 e. The van der Waals surface area contributed by atoms with Crippen molar-refractivity contribution < 1.29 is 14.6 Å². The molecular weight excluding hydrogens is 282 g/mol. The molecule has 2 heterocycles. The van der Waals surface area contributed by atoms with Crippen molar-refractivity contribution in [3.05, 3.63) is 53.1 Å². The van der Waals surface area contributed by atoms with Crippen molar-refractivity contribution >= 4 is 5.91 Å². The normalized spacial score (nSPS) is 23.0. The zero-order valence-electron chi connectivity index (χ0n) is 12.0. The minimum Gasteiger partial charge on any atom is -0.390 e. The number of fused-ring (bicyclic) bond motifs is 2. The highest BCUT2D eigenvalue weighted by atomic mass is 16.5. The van der Waals surface area contributed by atoms with E-state index in [2.05, 4.69) is 10.3 Å². The Morgan fingerprint density at radius 1 is 1.41 bits per heavy atom. The zero-order valence-corrected chi connectivity index (χ0v) is 12.0. The van der Waals surface area contributed by atoms with Crippen LogP contribution < -0.4 is 5.32 Å². The van der Waals surface area contributed by atoms with Crippen LogP contribution in [0.1, 0.15) is 33.5 Å². The first kappa shape index (κ1) is 13.5. The van der Waals surface area contributed by atoms with Gasteiger partial charge in [-0.1, -0.05) is 24.3 Å². The molecule has 1 aliphatic heterocycles. The summed E-state index contributed by atoms with van der Waals surface area (Å²) in [6.45, 7) is 1.64. The predicted molar refractivity (Wildman–Crippen MR) is 78.2 cm³/mol. The highest BCUT2D eigenvalue weighted by Crippen LogP contribution is 2.31. The number of imidazole rings is 1. The quantitative estimate of drug-likeness (QED) is 0.860. The molecule has 0 spiro atoms. The van der Waals surface area contributed by atoms with Gasteiger partial charge in [-0.25, -0.2) is 4.98 Å². The van der Waals surface area contributed by atoms with Crippen LogP contribution in [0.3, 0.4) is 0 Å². The Kier molecular flexibility index (Phi) is 3.20. The van der Waals surface area contributed by atoms with E-state index in [9.17, 15) is 9.90 Å². The van der Waals surface area contributed by atoms with E-state index < -0.39 is 6.10 Å². The second-order valence-electron chi connectivity index (χ2n) is 5.69. The average molecular weight is 299 g/mol. The minimum atomic E-state index is -0.589. The number of rotatable bonds is 2. The van der Waals surface area contributed by atoms with E-state index in [-0.39, 0.29) is 11.9 Å². The zero-order chi connectivity index (χ0) is 15.1. The van der Waals surface area contributed by atoms with Crippen molar-refractivity contribution in [1.82, 2.24) is 14.9 Å². The van der Waals surface area contributed by atoms with Crippen molar-refractivity contribution in [1.29, 1.82) is 0 Å². The van der Waals surface area contributed by atoms with Crippen LogP contribution in [-0.4, -0.2) is 33.3 Å². The molecule has 2 aromatic rings. The first-order chi connectivity index (χ1) is 10.7. The van der Waals surface area contributed by atoms with E-state index in [4.69, 9.17) is 4.74 Å². The second kappa shape index (κ2) is 5.23. The summed E-state index contributed by atoms with van der Waals surface area (Å²) >= 11 is 0. The fourth-order valence-electron chi connectivity index (χ4n) is 3.24. The van der Waals surface area contributed by atoms with E-state index in [1.54, 1.807) is 6.20 Å². The van der Waals surface area contributed by atoms with Gasteiger partial charge in [0, 0.05) is 13.0 Å². The Morgan fingerprint density at radius 3 is 3.18 bits per heavy atom. The van der Waals surface area contributed by atoms with Gasteiger partial charge in [0.15, 0.2) is 0 Å². The van der Waals surface area contributed by atoms with E-state index in [1.165, 1.54) is 0 Å². The fourth-order valence-corrected chi connectivity index (χ4v) is 3.24. The molecule has 0 saturated carbocycles. The maximum Gasteiger partial charge on any atom is 0.270 e. The number of aliphatic hydroxyl groups is 1. The fraction of sp³-hybridized carbons (Fsp3) is 0.375. The Bertz CT molecular complexity index is 725. The molecule has 4 rings (SSSR count). The number of aromatic nitrogens is 2. The summed E-state index contributed by atoms with van der Waals surface area (Å²) < 4.78 is 7.21. The largest absolute Gasteiger partial charge is 0.390 e. The summed E-state index contributed by atoms with van der Waals surface area (Å²) in [5.41, 5.74) is 2.60.